The minimum absolute atomic E-state index is 0.0608. The average Bonchev–Trinajstić information content (AvgIpc) is 3.30. The van der Waals surface area contributed by atoms with Gasteiger partial charge in [0.15, 0.2) is 0 Å². The molecule has 0 bridgehead atoms. The molecule has 2 saturated heterocycles. The number of amides is 1. The van der Waals surface area contributed by atoms with Gasteiger partial charge in [-0.15, -0.1) is 0 Å². The Hall–Kier alpha value is -2.21. The molecule has 1 amide bonds. The van der Waals surface area contributed by atoms with Gasteiger partial charge in [0.1, 0.15) is 12.2 Å². The molecule has 2 fully saturated rings. The maximum absolute atomic E-state index is 12.7. The van der Waals surface area contributed by atoms with E-state index < -0.39 is 0 Å². The summed E-state index contributed by atoms with van der Waals surface area (Å²) in [5, 5.41) is 9.60. The molecule has 3 heterocycles. The van der Waals surface area contributed by atoms with E-state index in [2.05, 4.69) is 49.7 Å². The normalized spacial score (nSPS) is 27.0. The first-order valence-corrected chi connectivity index (χ1v) is 8.25. The summed E-state index contributed by atoms with van der Waals surface area (Å²) < 4.78 is 0. The van der Waals surface area contributed by atoms with E-state index in [0.29, 0.717) is 24.5 Å². The van der Waals surface area contributed by atoms with Crippen molar-refractivity contribution in [2.24, 2.45) is 5.92 Å². The van der Waals surface area contributed by atoms with E-state index in [1.807, 2.05) is 6.07 Å². The molecule has 4 rings (SSSR count). The highest BCUT2D eigenvalue weighted by Crippen LogP contribution is 2.44. The number of nitrogens with one attached hydrogen (secondary N) is 2. The fourth-order valence-electron chi connectivity index (χ4n) is 4.07. The van der Waals surface area contributed by atoms with E-state index in [1.165, 1.54) is 18.3 Å². The number of nitrogens with zero attached hydrogens (tertiary/aromatic N) is 3. The first-order valence-electron chi connectivity index (χ1n) is 8.25. The third-order valence-electron chi connectivity index (χ3n) is 5.10. The first kappa shape index (κ1) is 14.4. The fourth-order valence-corrected chi connectivity index (χ4v) is 4.07. The summed E-state index contributed by atoms with van der Waals surface area (Å²) in [6.07, 6.45) is 4.65. The van der Waals surface area contributed by atoms with Crippen LogP contribution in [0, 0.1) is 5.92 Å². The van der Waals surface area contributed by atoms with Gasteiger partial charge in [0.2, 0.25) is 5.91 Å². The summed E-state index contributed by atoms with van der Waals surface area (Å²) in [6.45, 7) is 1.51. The predicted octanol–water partition coefficient (Wildman–Crippen LogP) is 1.65. The van der Waals surface area contributed by atoms with E-state index in [0.717, 1.165) is 19.4 Å². The molecule has 6 nitrogen and oxygen atoms in total. The van der Waals surface area contributed by atoms with Gasteiger partial charge in [-0.2, -0.15) is 5.10 Å². The van der Waals surface area contributed by atoms with Crippen LogP contribution in [0.3, 0.4) is 0 Å². The van der Waals surface area contributed by atoms with Crippen LogP contribution in [0.15, 0.2) is 36.7 Å². The molecule has 120 valence electrons. The van der Waals surface area contributed by atoms with Crippen molar-refractivity contribution < 1.29 is 4.79 Å². The van der Waals surface area contributed by atoms with Crippen LogP contribution in [0.25, 0.3) is 0 Å². The van der Waals surface area contributed by atoms with Gasteiger partial charge >= 0.3 is 0 Å². The standard InChI is InChI=1S/C17H21N5O/c23-17(18-10-16-19-11-20-21-16)13-9-15(12-5-2-1-3-6-12)22-8-4-7-14(13)22/h1-3,5-6,11,13-15H,4,7-10H2,(H,18,23)(H,19,20,21)/t13-,14+,15-/m1/s1. The Morgan fingerprint density at radius 3 is 3.00 bits per heavy atom. The van der Waals surface area contributed by atoms with Crippen molar-refractivity contribution in [3.8, 4) is 0 Å². The second-order valence-electron chi connectivity index (χ2n) is 6.37. The van der Waals surface area contributed by atoms with Crippen LogP contribution >= 0.6 is 0 Å². The van der Waals surface area contributed by atoms with Gasteiger partial charge in [0.25, 0.3) is 0 Å². The average molecular weight is 311 g/mol. The summed E-state index contributed by atoms with van der Waals surface area (Å²) in [4.78, 5) is 19.2. The molecule has 23 heavy (non-hydrogen) atoms. The smallest absolute Gasteiger partial charge is 0.225 e. The Morgan fingerprint density at radius 1 is 1.35 bits per heavy atom. The highest BCUT2D eigenvalue weighted by atomic mass is 16.2. The quantitative estimate of drug-likeness (QED) is 0.900. The lowest BCUT2D eigenvalue weighted by Crippen LogP contribution is -2.37. The fraction of sp³-hybridized carbons (Fsp3) is 0.471. The number of carbonyl (C=O) groups is 1. The van der Waals surface area contributed by atoms with Crippen molar-refractivity contribution in [2.75, 3.05) is 6.54 Å². The van der Waals surface area contributed by atoms with Crippen LogP contribution in [0.4, 0.5) is 0 Å². The van der Waals surface area contributed by atoms with Crippen LogP contribution in [-0.4, -0.2) is 38.6 Å². The van der Waals surface area contributed by atoms with Crippen molar-refractivity contribution in [3.63, 3.8) is 0 Å². The lowest BCUT2D eigenvalue weighted by Gasteiger charge is -2.24. The lowest BCUT2D eigenvalue weighted by atomic mass is 9.93. The van der Waals surface area contributed by atoms with Crippen molar-refractivity contribution in [1.29, 1.82) is 0 Å². The first-order chi connectivity index (χ1) is 11.3. The number of benzene rings is 1. The molecule has 6 heteroatoms. The summed E-state index contributed by atoms with van der Waals surface area (Å²) in [7, 11) is 0. The molecule has 3 atom stereocenters. The molecule has 0 saturated carbocycles. The highest BCUT2D eigenvalue weighted by molar-refractivity contribution is 5.80. The number of aromatic amines is 1. The highest BCUT2D eigenvalue weighted by Gasteiger charge is 2.46. The van der Waals surface area contributed by atoms with Crippen molar-refractivity contribution in [2.45, 2.75) is 37.9 Å². The zero-order chi connectivity index (χ0) is 15.6. The zero-order valence-corrected chi connectivity index (χ0v) is 13.0. The van der Waals surface area contributed by atoms with E-state index in [4.69, 9.17) is 0 Å². The van der Waals surface area contributed by atoms with Crippen LogP contribution in [0.1, 0.15) is 36.7 Å². The Balaban J connectivity index is 1.47. The Kier molecular flexibility index (Phi) is 3.83. The Bertz CT molecular complexity index is 657. The molecular weight excluding hydrogens is 290 g/mol. The van der Waals surface area contributed by atoms with Crippen molar-refractivity contribution in [3.05, 3.63) is 48.0 Å². The maximum atomic E-state index is 12.7. The van der Waals surface area contributed by atoms with Crippen LogP contribution in [0.2, 0.25) is 0 Å². The summed E-state index contributed by atoms with van der Waals surface area (Å²) in [5.41, 5.74) is 1.32. The molecule has 2 aliphatic heterocycles. The summed E-state index contributed by atoms with van der Waals surface area (Å²) in [5.74, 6) is 0.890. The topological polar surface area (TPSA) is 73.9 Å². The van der Waals surface area contributed by atoms with Crippen LogP contribution < -0.4 is 5.32 Å². The molecular formula is C17H21N5O. The van der Waals surface area contributed by atoms with E-state index in [9.17, 15) is 4.79 Å². The van der Waals surface area contributed by atoms with E-state index >= 15 is 0 Å². The van der Waals surface area contributed by atoms with Gasteiger partial charge in [-0.1, -0.05) is 30.3 Å². The van der Waals surface area contributed by atoms with Gasteiger partial charge in [-0.25, -0.2) is 4.98 Å². The molecule has 0 radical (unpaired) electrons. The minimum Gasteiger partial charge on any atom is -0.349 e. The van der Waals surface area contributed by atoms with Gasteiger partial charge in [0, 0.05) is 12.1 Å². The molecule has 2 aromatic rings. The maximum Gasteiger partial charge on any atom is 0.225 e. The monoisotopic (exact) mass is 311 g/mol. The summed E-state index contributed by atoms with van der Waals surface area (Å²) in [6, 6.07) is 11.3. The molecule has 1 aromatic carbocycles. The third-order valence-corrected chi connectivity index (χ3v) is 5.10. The second-order valence-corrected chi connectivity index (χ2v) is 6.37. The second kappa shape index (κ2) is 6.12. The van der Waals surface area contributed by atoms with Gasteiger partial charge in [0.05, 0.1) is 12.5 Å². The van der Waals surface area contributed by atoms with Crippen molar-refractivity contribution >= 4 is 5.91 Å². The van der Waals surface area contributed by atoms with E-state index in [1.54, 1.807) is 0 Å². The Labute approximate surface area is 135 Å². The lowest BCUT2D eigenvalue weighted by molar-refractivity contribution is -0.125. The number of hydrogen-bond donors (Lipinski definition) is 2. The number of H-pyrrole nitrogens is 1. The number of hydrogen-bond acceptors (Lipinski definition) is 4. The zero-order valence-electron chi connectivity index (χ0n) is 13.0. The van der Waals surface area contributed by atoms with Crippen molar-refractivity contribution in [1.82, 2.24) is 25.4 Å². The van der Waals surface area contributed by atoms with Gasteiger partial charge in [-0.05, 0) is 31.4 Å². The predicted molar refractivity (Wildman–Crippen MR) is 85.2 cm³/mol. The molecule has 2 N–H and O–H groups in total. The summed E-state index contributed by atoms with van der Waals surface area (Å²) >= 11 is 0. The van der Waals surface area contributed by atoms with E-state index in [-0.39, 0.29) is 11.8 Å². The van der Waals surface area contributed by atoms with Gasteiger partial charge in [-0.3, -0.25) is 14.8 Å². The molecule has 1 aromatic heterocycles. The Morgan fingerprint density at radius 2 is 2.22 bits per heavy atom. The molecule has 0 spiro atoms. The van der Waals surface area contributed by atoms with Gasteiger partial charge < -0.3 is 5.32 Å². The number of fused-ring (bicyclic) bond motifs is 1. The number of aromatic nitrogens is 3. The number of carbonyl (C=O) groups excluding carboxylic acids is 1. The molecule has 0 unspecified atom stereocenters. The minimum atomic E-state index is 0.0608. The third kappa shape index (κ3) is 2.74. The SMILES string of the molecule is O=C(NCc1ncn[nH]1)[C@@H]1C[C@H](c2ccccc2)N2CCC[C@@H]12. The van der Waals surface area contributed by atoms with Crippen LogP contribution in [0.5, 0.6) is 0 Å². The number of rotatable bonds is 4. The molecule has 0 aliphatic carbocycles. The van der Waals surface area contributed by atoms with Crippen LogP contribution in [-0.2, 0) is 11.3 Å². The largest absolute Gasteiger partial charge is 0.349 e. The molecule has 2 aliphatic rings.